The maximum atomic E-state index is 13.6. The number of aliphatic hydroxyl groups excluding tert-OH is 1. The van der Waals surface area contributed by atoms with Crippen LogP contribution in [0.3, 0.4) is 0 Å². The molecular formula is C37H49N7O9. The summed E-state index contributed by atoms with van der Waals surface area (Å²) < 4.78 is 17.4. The summed E-state index contributed by atoms with van der Waals surface area (Å²) >= 11 is 0. The molecule has 2 bridgehead atoms. The predicted molar refractivity (Wildman–Crippen MR) is 193 cm³/mol. The number of ether oxygens (including phenoxy) is 3. The number of amides is 5. The van der Waals surface area contributed by atoms with Gasteiger partial charge in [0.25, 0.3) is 5.91 Å². The number of carbonyl (C=O) groups is 5. The lowest BCUT2D eigenvalue weighted by atomic mass is 10.0. The van der Waals surface area contributed by atoms with Gasteiger partial charge in [0, 0.05) is 24.3 Å². The summed E-state index contributed by atoms with van der Waals surface area (Å²) in [5.74, 6) is -1.81. The first-order valence-electron chi connectivity index (χ1n) is 17.4. The topological polar surface area (TPSA) is 213 Å². The van der Waals surface area contributed by atoms with Gasteiger partial charge in [0.1, 0.15) is 23.6 Å². The molecular weight excluding hydrogens is 686 g/mol. The molecule has 0 unspecified atom stereocenters. The van der Waals surface area contributed by atoms with Crippen LogP contribution in [0, 0.1) is 12.8 Å². The Morgan fingerprint density at radius 2 is 1.72 bits per heavy atom. The molecule has 0 spiro atoms. The van der Waals surface area contributed by atoms with Gasteiger partial charge in [-0.15, -0.1) is 0 Å². The number of aromatic nitrogens is 2. The minimum absolute atomic E-state index is 0.0670. The second-order valence-electron chi connectivity index (χ2n) is 13.1. The van der Waals surface area contributed by atoms with Crippen LogP contribution in [0.1, 0.15) is 60.9 Å². The van der Waals surface area contributed by atoms with Crippen molar-refractivity contribution in [3.63, 3.8) is 0 Å². The van der Waals surface area contributed by atoms with Gasteiger partial charge >= 0.3 is 0 Å². The maximum absolute atomic E-state index is 13.6. The van der Waals surface area contributed by atoms with Crippen LogP contribution in [0.15, 0.2) is 42.7 Å². The second-order valence-corrected chi connectivity index (χ2v) is 13.1. The Morgan fingerprint density at radius 1 is 0.962 bits per heavy atom. The molecule has 16 nitrogen and oxygen atoms in total. The molecule has 0 saturated carbocycles. The summed E-state index contributed by atoms with van der Waals surface area (Å²) in [4.78, 5) is 75.6. The number of imidazole rings is 1. The monoisotopic (exact) mass is 735 g/mol. The van der Waals surface area contributed by atoms with E-state index in [4.69, 9.17) is 14.2 Å². The number of fused-ring (bicyclic) bond motifs is 3. The van der Waals surface area contributed by atoms with E-state index >= 15 is 0 Å². The van der Waals surface area contributed by atoms with E-state index < -0.39 is 48.4 Å². The van der Waals surface area contributed by atoms with Crippen LogP contribution < -0.4 is 35.5 Å². The average molecular weight is 736 g/mol. The van der Waals surface area contributed by atoms with E-state index in [2.05, 4.69) is 31.2 Å². The third kappa shape index (κ3) is 10.7. The van der Waals surface area contributed by atoms with E-state index in [1.807, 2.05) is 0 Å². The van der Waals surface area contributed by atoms with Gasteiger partial charge in [0.2, 0.25) is 23.6 Å². The zero-order valence-electron chi connectivity index (χ0n) is 30.9. The molecule has 0 fully saturated rings. The van der Waals surface area contributed by atoms with Crippen molar-refractivity contribution in [2.24, 2.45) is 5.92 Å². The van der Waals surface area contributed by atoms with Crippen molar-refractivity contribution in [3.05, 3.63) is 65.2 Å². The molecule has 3 atom stereocenters. The third-order valence-electron chi connectivity index (χ3n) is 8.80. The Morgan fingerprint density at radius 3 is 2.38 bits per heavy atom. The van der Waals surface area contributed by atoms with E-state index in [1.165, 1.54) is 32.4 Å². The summed E-state index contributed by atoms with van der Waals surface area (Å²) in [7, 11) is 2.95. The summed E-state index contributed by atoms with van der Waals surface area (Å²) in [5.41, 5.74) is 2.02. The zero-order chi connectivity index (χ0) is 38.7. The normalized spacial score (nSPS) is 18.8. The van der Waals surface area contributed by atoms with E-state index in [0.717, 1.165) is 0 Å². The van der Waals surface area contributed by atoms with Crippen LogP contribution >= 0.6 is 0 Å². The number of nitrogens with one attached hydrogen (secondary N) is 5. The number of aryl methyl sites for hydroxylation is 1. The van der Waals surface area contributed by atoms with Crippen molar-refractivity contribution in [2.75, 3.05) is 33.9 Å². The number of methoxy groups -OCH3 is 2. The molecule has 0 aliphatic carbocycles. The summed E-state index contributed by atoms with van der Waals surface area (Å²) in [5, 5.41) is 21.5. The fourth-order valence-electron chi connectivity index (χ4n) is 5.73. The Balaban J connectivity index is 1.66. The van der Waals surface area contributed by atoms with E-state index in [9.17, 15) is 29.1 Å². The molecule has 0 radical (unpaired) electrons. The number of aromatic amines is 1. The summed E-state index contributed by atoms with van der Waals surface area (Å²) in [6.45, 7) is 6.56. The number of rotatable bonds is 6. The predicted octanol–water partition coefficient (Wildman–Crippen LogP) is 1.75. The average Bonchev–Trinajstić information content (AvgIpc) is 3.53. The van der Waals surface area contributed by atoms with E-state index in [-0.39, 0.29) is 43.6 Å². The Bertz CT molecular complexity index is 1770. The highest BCUT2D eigenvalue weighted by molar-refractivity contribution is 5.95. The van der Waals surface area contributed by atoms with Gasteiger partial charge in [-0.25, -0.2) is 4.98 Å². The third-order valence-corrected chi connectivity index (χ3v) is 8.80. The van der Waals surface area contributed by atoms with Crippen LogP contribution in [0.5, 0.6) is 23.0 Å². The van der Waals surface area contributed by atoms with Crippen LogP contribution in [0.4, 0.5) is 0 Å². The molecule has 2 heterocycles. The van der Waals surface area contributed by atoms with Crippen molar-refractivity contribution in [1.29, 1.82) is 0 Å². The summed E-state index contributed by atoms with van der Waals surface area (Å²) in [6, 6.07) is 7.36. The number of aliphatic hydroxyl groups is 1. The smallest absolute Gasteiger partial charge is 0.251 e. The minimum atomic E-state index is -1.43. The molecule has 3 aromatic rings. The number of benzene rings is 2. The van der Waals surface area contributed by atoms with Gasteiger partial charge in [0.15, 0.2) is 11.5 Å². The SMILES string of the molecule is COc1ccc2cc1Oc1cccc(OC)c1CNC(=O)[C@@H](C(C)C)NC(=O)[C@H]([C@@H](C)O)NC(=O)CN(C(=O)Cc1nc[nH]c1C)CCCCNC2=O. The van der Waals surface area contributed by atoms with Crippen molar-refractivity contribution in [3.8, 4) is 23.0 Å². The largest absolute Gasteiger partial charge is 0.496 e. The molecule has 1 aliphatic rings. The molecule has 1 aliphatic heterocycles. The minimum Gasteiger partial charge on any atom is -0.496 e. The van der Waals surface area contributed by atoms with E-state index in [0.29, 0.717) is 52.6 Å². The van der Waals surface area contributed by atoms with Gasteiger partial charge in [-0.2, -0.15) is 0 Å². The fraction of sp³-hybridized carbons (Fsp3) is 0.459. The number of hydrogen-bond donors (Lipinski definition) is 6. The highest BCUT2D eigenvalue weighted by atomic mass is 16.5. The Kier molecular flexibility index (Phi) is 14.2. The first kappa shape index (κ1) is 40.1. The first-order valence-corrected chi connectivity index (χ1v) is 17.4. The number of hydrogen-bond acceptors (Lipinski definition) is 10. The molecule has 6 N–H and O–H groups in total. The van der Waals surface area contributed by atoms with Gasteiger partial charge in [-0.1, -0.05) is 19.9 Å². The van der Waals surface area contributed by atoms with Gasteiger partial charge < -0.3 is 50.5 Å². The Labute approximate surface area is 308 Å². The highest BCUT2D eigenvalue weighted by Crippen LogP contribution is 2.37. The lowest BCUT2D eigenvalue weighted by Gasteiger charge is -2.28. The summed E-state index contributed by atoms with van der Waals surface area (Å²) in [6.07, 6.45) is 0.975. The number of carbonyl (C=O) groups excluding carboxylic acids is 5. The van der Waals surface area contributed by atoms with Crippen molar-refractivity contribution >= 4 is 29.5 Å². The molecule has 2 aromatic carbocycles. The maximum Gasteiger partial charge on any atom is 0.251 e. The molecule has 5 amide bonds. The van der Waals surface area contributed by atoms with Crippen molar-refractivity contribution < 1.29 is 43.3 Å². The van der Waals surface area contributed by atoms with Crippen LogP contribution in [0.2, 0.25) is 0 Å². The van der Waals surface area contributed by atoms with Crippen LogP contribution in [-0.2, 0) is 32.1 Å². The quantitative estimate of drug-likeness (QED) is 0.216. The van der Waals surface area contributed by atoms with Gasteiger partial charge in [-0.05, 0) is 62.9 Å². The molecule has 16 heteroatoms. The van der Waals surface area contributed by atoms with Gasteiger partial charge in [0.05, 0.1) is 57.4 Å². The highest BCUT2D eigenvalue weighted by Gasteiger charge is 2.32. The molecule has 53 heavy (non-hydrogen) atoms. The fourth-order valence-corrected chi connectivity index (χ4v) is 5.73. The zero-order valence-corrected chi connectivity index (χ0v) is 30.9. The second kappa shape index (κ2) is 18.7. The molecule has 286 valence electrons. The number of nitrogens with zero attached hydrogens (tertiary/aromatic N) is 2. The van der Waals surface area contributed by atoms with Crippen LogP contribution in [0.25, 0.3) is 0 Å². The number of H-pyrrole nitrogens is 1. The molecule has 0 saturated heterocycles. The first-order chi connectivity index (χ1) is 25.3. The molecule has 1 aromatic heterocycles. The molecule has 4 rings (SSSR count). The Hall–Kier alpha value is -5.64. The van der Waals surface area contributed by atoms with Crippen molar-refractivity contribution in [2.45, 2.75) is 71.7 Å². The van der Waals surface area contributed by atoms with Gasteiger partial charge in [-0.3, -0.25) is 24.0 Å². The van der Waals surface area contributed by atoms with Crippen LogP contribution in [-0.4, -0.2) is 102 Å². The van der Waals surface area contributed by atoms with E-state index in [1.54, 1.807) is 57.2 Å². The standard InChI is InChI=1S/C37H49N7O9/c1-21(2)33-36(49)39-18-25-27(51-5)10-9-11-28(25)53-30-16-24(12-13-29(30)52-6)35(48)38-14-7-8-15-44(32(47)17-26-22(3)40-20-41-26)19-31(46)42-34(23(4)45)37(50)43-33/h9-13,16,20-21,23,33-34,45H,7-8,14-15,17-19H2,1-6H3,(H,38,48)(H,39,49)(H,40,41)(H,42,46)(H,43,50)/t23-,33-,34+/m1/s1. The lowest BCUT2D eigenvalue weighted by molar-refractivity contribution is -0.138. The van der Waals surface area contributed by atoms with Crippen molar-refractivity contribution in [1.82, 2.24) is 36.1 Å². The lowest BCUT2D eigenvalue weighted by Crippen LogP contribution is -2.59.